The third kappa shape index (κ3) is 5.95. The Bertz CT molecular complexity index is 664. The van der Waals surface area contributed by atoms with Gasteiger partial charge in [0.2, 0.25) is 10.0 Å². The van der Waals surface area contributed by atoms with Crippen molar-refractivity contribution < 1.29 is 13.5 Å². The van der Waals surface area contributed by atoms with Gasteiger partial charge in [0.15, 0.2) is 5.96 Å². The van der Waals surface area contributed by atoms with Gasteiger partial charge in [0, 0.05) is 26.7 Å². The van der Waals surface area contributed by atoms with Gasteiger partial charge in [0.05, 0.1) is 12.8 Å². The topological polar surface area (TPSA) is 94.0 Å². The smallest absolute Gasteiger partial charge is 0.211 e. The summed E-state index contributed by atoms with van der Waals surface area (Å²) in [5.41, 5.74) is -0.0769. The molecule has 1 fully saturated rings. The van der Waals surface area contributed by atoms with Crippen molar-refractivity contribution in [3.63, 3.8) is 0 Å². The summed E-state index contributed by atoms with van der Waals surface area (Å²) in [7, 11) is -1.39. The minimum Gasteiger partial charge on any atom is -0.384 e. The van der Waals surface area contributed by atoms with E-state index in [4.69, 9.17) is 0 Å². The average Bonchev–Trinajstić information content (AvgIpc) is 3.10. The second-order valence-corrected chi connectivity index (χ2v) is 9.46. The fourth-order valence-corrected chi connectivity index (χ4v) is 4.49. The highest BCUT2D eigenvalue weighted by molar-refractivity contribution is 7.88. The average molecular weight is 389 g/mol. The van der Waals surface area contributed by atoms with Gasteiger partial charge in [0.25, 0.3) is 0 Å². The number of piperidine rings is 1. The lowest BCUT2D eigenvalue weighted by Crippen LogP contribution is -2.47. The maximum absolute atomic E-state index is 11.5. The number of hydrogen-bond donors (Lipinski definition) is 3. The van der Waals surface area contributed by atoms with Crippen LogP contribution in [0.3, 0.4) is 0 Å². The normalized spacial score (nSPS) is 20.2. The zero-order chi connectivity index (χ0) is 18.5. The number of aliphatic imine (C=N–C) groups is 1. The van der Waals surface area contributed by atoms with Crippen molar-refractivity contribution in [1.82, 2.24) is 14.9 Å². The van der Waals surface area contributed by atoms with E-state index in [2.05, 4.69) is 15.6 Å². The molecule has 0 spiro atoms. The predicted octanol–water partition coefficient (Wildman–Crippen LogP) is 0.792. The third-order valence-corrected chi connectivity index (χ3v) is 6.55. The molecule has 142 valence electrons. The van der Waals surface area contributed by atoms with Crippen LogP contribution >= 0.6 is 11.3 Å². The van der Waals surface area contributed by atoms with Crippen LogP contribution in [0.4, 0.5) is 0 Å². The first-order valence-corrected chi connectivity index (χ1v) is 11.2. The SMILES string of the molecule is CN=C(NCC1CCN(S(C)(=O)=O)CC1)NCC(C)(O)c1ccsc1. The van der Waals surface area contributed by atoms with Crippen molar-refractivity contribution in [3.8, 4) is 0 Å². The molecule has 1 atom stereocenters. The maximum Gasteiger partial charge on any atom is 0.211 e. The summed E-state index contributed by atoms with van der Waals surface area (Å²) in [6, 6.07) is 1.91. The molecule has 1 aliphatic rings. The summed E-state index contributed by atoms with van der Waals surface area (Å²) in [6.45, 7) is 4.01. The molecule has 2 heterocycles. The molecule has 0 aliphatic carbocycles. The van der Waals surface area contributed by atoms with E-state index >= 15 is 0 Å². The van der Waals surface area contributed by atoms with Gasteiger partial charge < -0.3 is 15.7 Å². The Labute approximate surface area is 154 Å². The van der Waals surface area contributed by atoms with Crippen LogP contribution in [-0.2, 0) is 15.6 Å². The van der Waals surface area contributed by atoms with Crippen LogP contribution in [0.25, 0.3) is 0 Å². The van der Waals surface area contributed by atoms with E-state index in [9.17, 15) is 13.5 Å². The maximum atomic E-state index is 11.5. The molecule has 0 aromatic carbocycles. The summed E-state index contributed by atoms with van der Waals surface area (Å²) in [5.74, 6) is 1.05. The molecule has 1 aromatic rings. The van der Waals surface area contributed by atoms with Gasteiger partial charge in [-0.05, 0) is 48.1 Å². The number of sulfonamides is 1. The van der Waals surface area contributed by atoms with Crippen molar-refractivity contribution in [2.45, 2.75) is 25.4 Å². The van der Waals surface area contributed by atoms with Gasteiger partial charge in [0.1, 0.15) is 5.60 Å². The summed E-state index contributed by atoms with van der Waals surface area (Å²) in [5, 5.41) is 20.9. The van der Waals surface area contributed by atoms with Gasteiger partial charge >= 0.3 is 0 Å². The number of hydrogen-bond acceptors (Lipinski definition) is 5. The molecular weight excluding hydrogens is 360 g/mol. The fraction of sp³-hybridized carbons (Fsp3) is 0.688. The van der Waals surface area contributed by atoms with Crippen LogP contribution in [0, 0.1) is 5.92 Å². The second-order valence-electron chi connectivity index (χ2n) is 6.70. The molecule has 2 rings (SSSR count). The van der Waals surface area contributed by atoms with Crippen LogP contribution in [0.2, 0.25) is 0 Å². The number of thiophene rings is 1. The predicted molar refractivity (Wildman–Crippen MR) is 102 cm³/mol. The van der Waals surface area contributed by atoms with Gasteiger partial charge in [-0.15, -0.1) is 0 Å². The highest BCUT2D eigenvalue weighted by Crippen LogP contribution is 2.22. The number of guanidine groups is 1. The van der Waals surface area contributed by atoms with Crippen LogP contribution in [-0.4, -0.2) is 63.3 Å². The zero-order valence-corrected chi connectivity index (χ0v) is 16.7. The monoisotopic (exact) mass is 388 g/mol. The Kier molecular flexibility index (Phi) is 6.84. The van der Waals surface area contributed by atoms with Crippen molar-refractivity contribution in [2.75, 3.05) is 39.5 Å². The largest absolute Gasteiger partial charge is 0.384 e. The molecule has 0 amide bonds. The molecule has 1 aromatic heterocycles. The van der Waals surface area contributed by atoms with Crippen LogP contribution in [0.5, 0.6) is 0 Å². The molecule has 0 radical (unpaired) electrons. The Morgan fingerprint density at radius 3 is 2.64 bits per heavy atom. The van der Waals surface area contributed by atoms with Gasteiger partial charge in [-0.3, -0.25) is 4.99 Å². The van der Waals surface area contributed by atoms with Crippen LogP contribution in [0.1, 0.15) is 25.3 Å². The second kappa shape index (κ2) is 8.48. The molecule has 9 heteroatoms. The van der Waals surface area contributed by atoms with Gasteiger partial charge in [-0.1, -0.05) is 0 Å². The van der Waals surface area contributed by atoms with E-state index in [1.54, 1.807) is 25.3 Å². The Balaban J connectivity index is 1.76. The molecular formula is C16H28N4O3S2. The third-order valence-electron chi connectivity index (χ3n) is 4.57. The van der Waals surface area contributed by atoms with E-state index in [0.29, 0.717) is 31.5 Å². The summed E-state index contributed by atoms with van der Waals surface area (Å²) in [6.07, 6.45) is 2.93. The van der Waals surface area contributed by atoms with E-state index < -0.39 is 15.6 Å². The molecule has 1 saturated heterocycles. The quantitative estimate of drug-likeness (QED) is 0.495. The fourth-order valence-electron chi connectivity index (χ4n) is 2.84. The number of nitrogens with zero attached hydrogens (tertiary/aromatic N) is 2. The highest BCUT2D eigenvalue weighted by Gasteiger charge is 2.26. The van der Waals surface area contributed by atoms with Crippen molar-refractivity contribution in [3.05, 3.63) is 22.4 Å². The van der Waals surface area contributed by atoms with E-state index in [0.717, 1.165) is 24.9 Å². The highest BCUT2D eigenvalue weighted by atomic mass is 32.2. The van der Waals surface area contributed by atoms with E-state index in [1.807, 2.05) is 16.8 Å². The zero-order valence-electron chi connectivity index (χ0n) is 15.0. The van der Waals surface area contributed by atoms with Crippen LogP contribution < -0.4 is 10.6 Å². The first-order valence-electron chi connectivity index (χ1n) is 8.37. The van der Waals surface area contributed by atoms with Crippen molar-refractivity contribution >= 4 is 27.3 Å². The van der Waals surface area contributed by atoms with Gasteiger partial charge in [-0.2, -0.15) is 11.3 Å². The van der Waals surface area contributed by atoms with Crippen molar-refractivity contribution in [1.29, 1.82) is 0 Å². The number of aliphatic hydroxyl groups is 1. The van der Waals surface area contributed by atoms with E-state index in [-0.39, 0.29) is 0 Å². The minimum absolute atomic E-state index is 0.357. The Hall–Kier alpha value is -1.16. The lowest BCUT2D eigenvalue weighted by molar-refractivity contribution is 0.0621. The Morgan fingerprint density at radius 1 is 1.44 bits per heavy atom. The molecule has 1 aliphatic heterocycles. The molecule has 3 N–H and O–H groups in total. The molecule has 0 bridgehead atoms. The molecule has 1 unspecified atom stereocenters. The molecule has 0 saturated carbocycles. The summed E-state index contributed by atoms with van der Waals surface area (Å²) >= 11 is 1.56. The standard InChI is InChI=1S/C16H28N4O3S2/c1-16(21,14-6-9-24-11-14)12-19-15(17-2)18-10-13-4-7-20(8-5-13)25(3,22)23/h6,9,11,13,21H,4-5,7-8,10,12H2,1-3H3,(H2,17,18,19). The number of rotatable bonds is 6. The lowest BCUT2D eigenvalue weighted by Gasteiger charge is -2.31. The van der Waals surface area contributed by atoms with Crippen molar-refractivity contribution in [2.24, 2.45) is 10.9 Å². The lowest BCUT2D eigenvalue weighted by atomic mass is 9.98. The molecule has 25 heavy (non-hydrogen) atoms. The molecule has 7 nitrogen and oxygen atoms in total. The van der Waals surface area contributed by atoms with Crippen LogP contribution in [0.15, 0.2) is 21.8 Å². The summed E-state index contributed by atoms with van der Waals surface area (Å²) in [4.78, 5) is 4.19. The van der Waals surface area contributed by atoms with E-state index in [1.165, 1.54) is 10.6 Å². The minimum atomic E-state index is -3.08. The first-order chi connectivity index (χ1) is 11.7. The first kappa shape index (κ1) is 20.2. The van der Waals surface area contributed by atoms with Gasteiger partial charge in [-0.25, -0.2) is 12.7 Å². The summed E-state index contributed by atoms with van der Waals surface area (Å²) < 4.78 is 24.6. The Morgan fingerprint density at radius 2 is 2.12 bits per heavy atom. The number of nitrogens with one attached hydrogen (secondary N) is 2.